The van der Waals surface area contributed by atoms with Crippen molar-refractivity contribution in [3.63, 3.8) is 0 Å². The zero-order valence-corrected chi connectivity index (χ0v) is 16.3. The largest absolute Gasteiger partial charge is 0.480 e. The molecular formula is C23H18ClNO4. The lowest BCUT2D eigenvalue weighted by Gasteiger charge is -2.27. The van der Waals surface area contributed by atoms with Gasteiger partial charge in [0.1, 0.15) is 6.04 Å². The lowest BCUT2D eigenvalue weighted by Crippen LogP contribution is -2.43. The molecule has 0 aliphatic carbocycles. The maximum absolute atomic E-state index is 13.1. The second-order valence-corrected chi connectivity index (χ2v) is 6.88. The molecule has 0 bridgehead atoms. The Labute approximate surface area is 173 Å². The number of hydrogen-bond donors (Lipinski definition) is 1. The van der Waals surface area contributed by atoms with E-state index in [0.717, 1.165) is 4.90 Å². The van der Waals surface area contributed by atoms with Gasteiger partial charge in [0.05, 0.1) is 0 Å². The van der Waals surface area contributed by atoms with Gasteiger partial charge in [-0.2, -0.15) is 0 Å². The fraction of sp³-hybridized carbons (Fsp3) is 0.0870. The predicted octanol–water partition coefficient (Wildman–Crippen LogP) is 4.69. The van der Waals surface area contributed by atoms with Gasteiger partial charge in [0.15, 0.2) is 5.78 Å². The van der Waals surface area contributed by atoms with E-state index in [4.69, 9.17) is 11.6 Å². The van der Waals surface area contributed by atoms with Crippen molar-refractivity contribution < 1.29 is 19.5 Å². The van der Waals surface area contributed by atoms with Gasteiger partial charge in [0.2, 0.25) is 0 Å². The van der Waals surface area contributed by atoms with E-state index in [1.165, 1.54) is 25.1 Å². The third kappa shape index (κ3) is 4.52. The van der Waals surface area contributed by atoms with E-state index in [-0.39, 0.29) is 5.78 Å². The van der Waals surface area contributed by atoms with Crippen molar-refractivity contribution in [2.24, 2.45) is 0 Å². The highest BCUT2D eigenvalue weighted by atomic mass is 35.5. The van der Waals surface area contributed by atoms with Crippen LogP contribution in [0.1, 0.15) is 33.2 Å². The Hall–Kier alpha value is -3.44. The Morgan fingerprint density at radius 2 is 1.45 bits per heavy atom. The maximum atomic E-state index is 13.1. The van der Waals surface area contributed by atoms with Gasteiger partial charge < -0.3 is 5.11 Å². The molecule has 0 radical (unpaired) electrons. The van der Waals surface area contributed by atoms with Crippen molar-refractivity contribution in [2.45, 2.75) is 13.0 Å². The molecule has 0 fully saturated rings. The Kier molecular flexibility index (Phi) is 6.10. The number of carboxylic acids is 1. The normalized spacial score (nSPS) is 11.5. The number of carboxylic acid groups (broad SMARTS) is 1. The van der Waals surface area contributed by atoms with Crippen LogP contribution in [0, 0.1) is 0 Å². The highest BCUT2D eigenvalue weighted by molar-refractivity contribution is 6.30. The van der Waals surface area contributed by atoms with Crippen LogP contribution in [0.4, 0.5) is 5.69 Å². The number of nitrogens with zero attached hydrogens (tertiary/aromatic N) is 1. The topological polar surface area (TPSA) is 74.7 Å². The van der Waals surface area contributed by atoms with Crippen molar-refractivity contribution in [2.75, 3.05) is 4.90 Å². The van der Waals surface area contributed by atoms with Gasteiger partial charge in [-0.1, -0.05) is 54.1 Å². The third-order valence-corrected chi connectivity index (χ3v) is 4.73. The van der Waals surface area contributed by atoms with E-state index in [0.29, 0.717) is 27.4 Å². The fourth-order valence-electron chi connectivity index (χ4n) is 2.91. The first-order valence-corrected chi connectivity index (χ1v) is 9.28. The fourth-order valence-corrected chi connectivity index (χ4v) is 3.04. The molecule has 5 nitrogen and oxygen atoms in total. The molecule has 6 heteroatoms. The number of rotatable bonds is 6. The molecular weight excluding hydrogens is 390 g/mol. The van der Waals surface area contributed by atoms with Crippen LogP contribution in [0.2, 0.25) is 5.02 Å². The van der Waals surface area contributed by atoms with Crippen LogP contribution in [0.3, 0.4) is 0 Å². The molecule has 0 aliphatic heterocycles. The van der Waals surface area contributed by atoms with E-state index in [9.17, 15) is 19.5 Å². The van der Waals surface area contributed by atoms with Crippen LogP contribution in [-0.2, 0) is 4.79 Å². The van der Waals surface area contributed by atoms with Crippen LogP contribution >= 0.6 is 11.6 Å². The summed E-state index contributed by atoms with van der Waals surface area (Å²) in [6.45, 7) is 1.42. The SMILES string of the molecule is C[C@@H](C(=O)O)N(C(=O)c1ccc(Cl)cc1)c1cccc(C(=O)c2ccccc2)c1. The number of anilines is 1. The van der Waals surface area contributed by atoms with E-state index in [1.807, 2.05) is 6.07 Å². The van der Waals surface area contributed by atoms with E-state index in [1.54, 1.807) is 54.6 Å². The second kappa shape index (κ2) is 8.71. The van der Waals surface area contributed by atoms with Crippen LogP contribution in [0.25, 0.3) is 0 Å². The molecule has 146 valence electrons. The molecule has 3 aromatic carbocycles. The number of carbonyl (C=O) groups excluding carboxylic acids is 2. The lowest BCUT2D eigenvalue weighted by molar-refractivity contribution is -0.138. The monoisotopic (exact) mass is 407 g/mol. The summed E-state index contributed by atoms with van der Waals surface area (Å²) in [7, 11) is 0. The average Bonchev–Trinajstić information content (AvgIpc) is 2.74. The van der Waals surface area contributed by atoms with Crippen molar-refractivity contribution in [3.8, 4) is 0 Å². The summed E-state index contributed by atoms with van der Waals surface area (Å²) in [5, 5.41) is 10.00. The Balaban J connectivity index is 2.02. The van der Waals surface area contributed by atoms with E-state index in [2.05, 4.69) is 0 Å². The molecule has 1 atom stereocenters. The first-order chi connectivity index (χ1) is 13.9. The molecule has 3 aromatic rings. The Morgan fingerprint density at radius 3 is 2.07 bits per heavy atom. The first kappa shape index (κ1) is 20.3. The second-order valence-electron chi connectivity index (χ2n) is 6.44. The van der Waals surface area contributed by atoms with Crippen LogP contribution < -0.4 is 4.90 Å². The number of aliphatic carboxylic acids is 1. The number of ketones is 1. The van der Waals surface area contributed by atoms with Gasteiger partial charge in [0, 0.05) is 27.4 Å². The smallest absolute Gasteiger partial charge is 0.326 e. The van der Waals surface area contributed by atoms with Crippen molar-refractivity contribution in [1.82, 2.24) is 0 Å². The zero-order valence-electron chi connectivity index (χ0n) is 15.6. The van der Waals surface area contributed by atoms with Gasteiger partial charge in [-0.25, -0.2) is 4.79 Å². The molecule has 0 aromatic heterocycles. The molecule has 0 heterocycles. The molecule has 0 saturated heterocycles. The van der Waals surface area contributed by atoms with Crippen molar-refractivity contribution >= 4 is 34.9 Å². The van der Waals surface area contributed by atoms with Gasteiger partial charge >= 0.3 is 5.97 Å². The quantitative estimate of drug-likeness (QED) is 0.601. The van der Waals surface area contributed by atoms with Crippen molar-refractivity contribution in [3.05, 3.63) is 101 Å². The number of benzene rings is 3. The van der Waals surface area contributed by atoms with Crippen LogP contribution in [0.15, 0.2) is 78.9 Å². The third-order valence-electron chi connectivity index (χ3n) is 4.48. The summed E-state index contributed by atoms with van der Waals surface area (Å²) in [6, 6.07) is 20.2. The van der Waals surface area contributed by atoms with E-state index < -0.39 is 17.9 Å². The average molecular weight is 408 g/mol. The first-order valence-electron chi connectivity index (χ1n) is 8.90. The summed E-state index contributed by atoms with van der Waals surface area (Å²) in [6.07, 6.45) is 0. The highest BCUT2D eigenvalue weighted by Crippen LogP contribution is 2.24. The minimum absolute atomic E-state index is 0.214. The lowest BCUT2D eigenvalue weighted by atomic mass is 10.0. The molecule has 29 heavy (non-hydrogen) atoms. The van der Waals surface area contributed by atoms with Gasteiger partial charge in [-0.05, 0) is 43.3 Å². The van der Waals surface area contributed by atoms with E-state index >= 15 is 0 Å². The van der Waals surface area contributed by atoms with Gasteiger partial charge in [-0.15, -0.1) is 0 Å². The van der Waals surface area contributed by atoms with Crippen LogP contribution in [-0.4, -0.2) is 28.8 Å². The molecule has 0 unspecified atom stereocenters. The zero-order chi connectivity index (χ0) is 21.0. The molecule has 1 amide bonds. The number of amides is 1. The number of halogens is 1. The van der Waals surface area contributed by atoms with Gasteiger partial charge in [-0.3, -0.25) is 14.5 Å². The Morgan fingerprint density at radius 1 is 0.828 bits per heavy atom. The summed E-state index contributed by atoms with van der Waals surface area (Å²) >= 11 is 5.88. The molecule has 0 spiro atoms. The molecule has 1 N–H and O–H groups in total. The highest BCUT2D eigenvalue weighted by Gasteiger charge is 2.28. The van der Waals surface area contributed by atoms with Crippen molar-refractivity contribution in [1.29, 1.82) is 0 Å². The standard InChI is InChI=1S/C23H18ClNO4/c1-15(23(28)29)25(22(27)17-10-12-19(24)13-11-17)20-9-5-8-18(14-20)21(26)16-6-3-2-4-7-16/h2-15H,1H3,(H,28,29)/t15-/m0/s1. The predicted molar refractivity (Wildman–Crippen MR) is 112 cm³/mol. The summed E-state index contributed by atoms with van der Waals surface area (Å²) in [5.74, 6) is -1.87. The summed E-state index contributed by atoms with van der Waals surface area (Å²) in [5.41, 5.74) is 1.48. The molecule has 0 saturated carbocycles. The minimum atomic E-state index is -1.16. The van der Waals surface area contributed by atoms with Gasteiger partial charge in [0.25, 0.3) is 5.91 Å². The minimum Gasteiger partial charge on any atom is -0.480 e. The molecule has 0 aliphatic rings. The maximum Gasteiger partial charge on any atom is 0.326 e. The summed E-state index contributed by atoms with van der Waals surface area (Å²) < 4.78 is 0. The number of hydrogen-bond acceptors (Lipinski definition) is 3. The van der Waals surface area contributed by atoms with Crippen LogP contribution in [0.5, 0.6) is 0 Å². The number of carbonyl (C=O) groups is 3. The summed E-state index contributed by atoms with van der Waals surface area (Å²) in [4.78, 5) is 38.7. The Bertz CT molecular complexity index is 1050. The molecule has 3 rings (SSSR count).